The summed E-state index contributed by atoms with van der Waals surface area (Å²) >= 11 is 0. The Hall–Kier alpha value is -3.67. The minimum Gasteiger partial charge on any atom is -0.368 e. The molecule has 3 aliphatic rings. The second-order valence-corrected chi connectivity index (χ2v) is 10.6. The van der Waals surface area contributed by atoms with E-state index in [-0.39, 0.29) is 23.1 Å². The first-order valence-electron chi connectivity index (χ1n) is 13.3. The number of piperazine rings is 1. The van der Waals surface area contributed by atoms with Gasteiger partial charge in [0.25, 0.3) is 5.91 Å². The molecule has 0 radical (unpaired) electrons. The predicted molar refractivity (Wildman–Crippen MR) is 143 cm³/mol. The average molecular weight is 498 g/mol. The van der Waals surface area contributed by atoms with E-state index in [4.69, 9.17) is 0 Å². The van der Waals surface area contributed by atoms with Crippen molar-refractivity contribution in [1.82, 2.24) is 9.80 Å². The van der Waals surface area contributed by atoms with E-state index in [1.54, 1.807) is 24.3 Å². The van der Waals surface area contributed by atoms with Gasteiger partial charge in [-0.15, -0.1) is 0 Å². The molecule has 6 rings (SSSR count). The lowest BCUT2D eigenvalue weighted by molar-refractivity contribution is -0.134. The highest BCUT2D eigenvalue weighted by Gasteiger charge is 2.59. The first-order chi connectivity index (χ1) is 18.0. The molecule has 0 unspecified atom stereocenters. The summed E-state index contributed by atoms with van der Waals surface area (Å²) in [5.74, 6) is 0.148. The van der Waals surface area contributed by atoms with Gasteiger partial charge in [-0.25, -0.2) is 4.39 Å². The van der Waals surface area contributed by atoms with Crippen LogP contribution in [0, 0.1) is 17.2 Å². The first-order valence-corrected chi connectivity index (χ1v) is 13.3. The smallest absolute Gasteiger partial charge is 0.253 e. The molecule has 2 aliphatic heterocycles. The Morgan fingerprint density at radius 1 is 0.730 bits per heavy atom. The van der Waals surface area contributed by atoms with Gasteiger partial charge in [-0.3, -0.25) is 9.59 Å². The molecule has 0 N–H and O–H groups in total. The summed E-state index contributed by atoms with van der Waals surface area (Å²) in [6.45, 7) is 4.64. The molecular formula is C31H32FN3O2. The zero-order valence-corrected chi connectivity index (χ0v) is 21.0. The van der Waals surface area contributed by atoms with Gasteiger partial charge in [0, 0.05) is 62.0 Å². The highest BCUT2D eigenvalue weighted by molar-refractivity contribution is 5.95. The van der Waals surface area contributed by atoms with E-state index >= 15 is 0 Å². The Morgan fingerprint density at radius 2 is 1.38 bits per heavy atom. The third kappa shape index (κ3) is 4.61. The summed E-state index contributed by atoms with van der Waals surface area (Å²) < 4.78 is 14.1. The Balaban J connectivity index is 1.01. The number of anilines is 1. The number of halogens is 1. The van der Waals surface area contributed by atoms with Crippen molar-refractivity contribution in [3.8, 4) is 11.1 Å². The van der Waals surface area contributed by atoms with Gasteiger partial charge < -0.3 is 14.7 Å². The number of likely N-dealkylation sites (tertiary alicyclic amines) is 1. The van der Waals surface area contributed by atoms with Crippen LogP contribution in [0.2, 0.25) is 0 Å². The van der Waals surface area contributed by atoms with Gasteiger partial charge in [-0.05, 0) is 60.6 Å². The maximum atomic E-state index is 14.1. The van der Waals surface area contributed by atoms with E-state index in [0.717, 1.165) is 51.0 Å². The zero-order chi connectivity index (χ0) is 25.4. The van der Waals surface area contributed by atoms with Crippen molar-refractivity contribution in [2.45, 2.75) is 19.3 Å². The molecule has 1 aliphatic carbocycles. The fourth-order valence-corrected chi connectivity index (χ4v) is 6.12. The number of hydrogen-bond acceptors (Lipinski definition) is 3. The summed E-state index contributed by atoms with van der Waals surface area (Å²) in [7, 11) is 0. The first kappa shape index (κ1) is 23.7. The van der Waals surface area contributed by atoms with Crippen LogP contribution in [0.5, 0.6) is 0 Å². The molecule has 2 heterocycles. The molecule has 3 fully saturated rings. The molecule has 2 saturated heterocycles. The largest absolute Gasteiger partial charge is 0.368 e. The lowest BCUT2D eigenvalue weighted by atomic mass is 9.90. The van der Waals surface area contributed by atoms with E-state index in [1.807, 2.05) is 34.1 Å². The number of carbonyl (C=O) groups excluding carboxylic acids is 2. The van der Waals surface area contributed by atoms with Gasteiger partial charge in [-0.1, -0.05) is 48.5 Å². The summed E-state index contributed by atoms with van der Waals surface area (Å²) in [5.41, 5.74) is 3.20. The maximum Gasteiger partial charge on any atom is 0.253 e. The molecule has 3 aromatic rings. The van der Waals surface area contributed by atoms with E-state index < -0.39 is 0 Å². The molecule has 5 nitrogen and oxygen atoms in total. The van der Waals surface area contributed by atoms with Gasteiger partial charge in [-0.2, -0.15) is 0 Å². The maximum absolute atomic E-state index is 14.1. The number of para-hydroxylation sites is 1. The van der Waals surface area contributed by atoms with Gasteiger partial charge in [0.1, 0.15) is 5.82 Å². The van der Waals surface area contributed by atoms with E-state index in [9.17, 15) is 14.0 Å². The van der Waals surface area contributed by atoms with Crippen molar-refractivity contribution < 1.29 is 14.0 Å². The molecule has 190 valence electrons. The third-order valence-corrected chi connectivity index (χ3v) is 8.56. The lowest BCUT2D eigenvalue weighted by Gasteiger charge is -2.37. The molecule has 1 atom stereocenters. The van der Waals surface area contributed by atoms with Crippen LogP contribution in [0.4, 0.5) is 10.1 Å². The van der Waals surface area contributed by atoms with Crippen LogP contribution in [-0.4, -0.2) is 60.9 Å². The molecule has 37 heavy (non-hydrogen) atoms. The lowest BCUT2D eigenvalue weighted by Crippen LogP contribution is -2.50. The van der Waals surface area contributed by atoms with Crippen molar-refractivity contribution in [3.63, 3.8) is 0 Å². The monoisotopic (exact) mass is 497 g/mol. The highest BCUT2D eigenvalue weighted by Crippen LogP contribution is 2.60. The number of amides is 2. The molecule has 1 spiro atoms. The summed E-state index contributed by atoms with van der Waals surface area (Å²) in [5, 5.41) is 0. The number of nitrogens with zero attached hydrogens (tertiary/aromatic N) is 3. The summed E-state index contributed by atoms with van der Waals surface area (Å²) in [6, 6.07) is 24.2. The van der Waals surface area contributed by atoms with Crippen LogP contribution in [0.3, 0.4) is 0 Å². The van der Waals surface area contributed by atoms with Crippen molar-refractivity contribution in [1.29, 1.82) is 0 Å². The zero-order valence-electron chi connectivity index (χ0n) is 21.0. The molecular weight excluding hydrogens is 465 g/mol. The van der Waals surface area contributed by atoms with Crippen LogP contribution in [0.25, 0.3) is 11.1 Å². The summed E-state index contributed by atoms with van der Waals surface area (Å²) in [4.78, 5) is 32.7. The third-order valence-electron chi connectivity index (χ3n) is 8.56. The Morgan fingerprint density at radius 3 is 2.05 bits per heavy atom. The van der Waals surface area contributed by atoms with Gasteiger partial charge in [0.15, 0.2) is 0 Å². The Kier molecular flexibility index (Phi) is 6.19. The van der Waals surface area contributed by atoms with E-state index in [0.29, 0.717) is 30.1 Å². The predicted octanol–water partition coefficient (Wildman–Crippen LogP) is 5.08. The van der Waals surface area contributed by atoms with Crippen LogP contribution in [-0.2, 0) is 4.79 Å². The van der Waals surface area contributed by atoms with Crippen molar-refractivity contribution in [2.75, 3.05) is 44.2 Å². The molecule has 3 aromatic carbocycles. The molecule has 0 aromatic heterocycles. The molecule has 2 amide bonds. The number of carbonyl (C=O) groups is 2. The number of benzene rings is 3. The van der Waals surface area contributed by atoms with Crippen LogP contribution >= 0.6 is 0 Å². The van der Waals surface area contributed by atoms with Gasteiger partial charge in [0.2, 0.25) is 5.91 Å². The molecule has 1 saturated carbocycles. The minimum absolute atomic E-state index is 0.00972. The fourth-order valence-electron chi connectivity index (χ4n) is 6.12. The Labute approximate surface area is 217 Å². The summed E-state index contributed by atoms with van der Waals surface area (Å²) in [6.07, 6.45) is 2.71. The SMILES string of the molecule is O=C(c1ccc(-c2ccccc2F)cc1)N1CCC2(CC1)C[C@@H]2C(=O)N1CCN(c2ccccc2)CC1. The Bertz CT molecular complexity index is 1280. The van der Waals surface area contributed by atoms with Crippen molar-refractivity contribution in [3.05, 3.63) is 90.2 Å². The van der Waals surface area contributed by atoms with E-state index in [1.165, 1.54) is 11.8 Å². The van der Waals surface area contributed by atoms with Crippen LogP contribution in [0.15, 0.2) is 78.9 Å². The highest BCUT2D eigenvalue weighted by atomic mass is 19.1. The minimum atomic E-state index is -0.269. The average Bonchev–Trinajstić information content (AvgIpc) is 3.66. The van der Waals surface area contributed by atoms with Crippen LogP contribution < -0.4 is 4.90 Å². The number of rotatable bonds is 4. The van der Waals surface area contributed by atoms with E-state index in [2.05, 4.69) is 29.2 Å². The quantitative estimate of drug-likeness (QED) is 0.505. The standard InChI is InChI=1S/C31H32FN3O2/c32-28-9-5-4-8-26(28)23-10-12-24(13-11-23)29(36)34-16-14-31(15-17-34)22-27(31)30(37)35-20-18-33(19-21-35)25-6-2-1-3-7-25/h1-13,27H,14-22H2/t27-/m1/s1. The molecule has 0 bridgehead atoms. The fraction of sp³-hybridized carbons (Fsp3) is 0.355. The van der Waals surface area contributed by atoms with Crippen molar-refractivity contribution in [2.24, 2.45) is 11.3 Å². The normalized spacial score (nSPS) is 20.7. The molecule has 6 heteroatoms. The second-order valence-electron chi connectivity index (χ2n) is 10.6. The van der Waals surface area contributed by atoms with Crippen molar-refractivity contribution >= 4 is 17.5 Å². The second kappa shape index (κ2) is 9.66. The number of hydrogen-bond donors (Lipinski definition) is 0. The van der Waals surface area contributed by atoms with Gasteiger partial charge in [0.05, 0.1) is 0 Å². The topological polar surface area (TPSA) is 43.9 Å². The van der Waals surface area contributed by atoms with Gasteiger partial charge >= 0.3 is 0 Å². The van der Waals surface area contributed by atoms with Crippen LogP contribution in [0.1, 0.15) is 29.6 Å². The number of piperidine rings is 1.